The summed E-state index contributed by atoms with van der Waals surface area (Å²) in [7, 11) is 0. The van der Waals surface area contributed by atoms with Crippen molar-refractivity contribution in [1.29, 1.82) is 0 Å². The molecule has 0 aliphatic carbocycles. The van der Waals surface area contributed by atoms with Crippen LogP contribution < -0.4 is 0 Å². The molecular formula is C29H26O8S2. The fraction of sp³-hybridized carbons (Fsp3) is 0.276. The number of benzene rings is 3. The van der Waals surface area contributed by atoms with Crippen LogP contribution in [-0.2, 0) is 18.9 Å². The Morgan fingerprint density at radius 3 is 1.85 bits per heavy atom. The number of fused-ring (bicyclic) bond motifs is 1. The van der Waals surface area contributed by atoms with E-state index >= 15 is 0 Å². The van der Waals surface area contributed by atoms with Crippen molar-refractivity contribution in [3.63, 3.8) is 0 Å². The van der Waals surface area contributed by atoms with E-state index in [0.29, 0.717) is 17.1 Å². The minimum absolute atomic E-state index is 0.269. The maximum atomic E-state index is 13.2. The molecule has 2 fully saturated rings. The molecule has 2 heterocycles. The molecule has 0 radical (unpaired) electrons. The lowest BCUT2D eigenvalue weighted by Crippen LogP contribution is -2.67. The standard InChI is InChI=1S/C29H26O8S2/c30-25(19-10-4-1-5-11-19)34-18-22-23(36-26(31)20-12-6-2-7-13-20)24(29(33)28(35-22)38-16-17-39-29)37-27(32)21-14-8-3-9-15-21/h1-15,22-24,28,33H,16-18H2/t22-,23-,24+,28-,29+/m1/s1. The third-order valence-corrected chi connectivity index (χ3v) is 9.22. The summed E-state index contributed by atoms with van der Waals surface area (Å²) in [5.74, 6) is -0.724. The third-order valence-electron chi connectivity index (χ3n) is 6.28. The van der Waals surface area contributed by atoms with E-state index in [9.17, 15) is 19.5 Å². The summed E-state index contributed by atoms with van der Waals surface area (Å²) in [5.41, 5.74) is 0.0671. The molecule has 2 aliphatic rings. The number of aliphatic hydroxyl groups is 1. The van der Waals surface area contributed by atoms with Crippen LogP contribution in [0.1, 0.15) is 31.1 Å². The van der Waals surface area contributed by atoms with Gasteiger partial charge in [0.05, 0.1) is 16.7 Å². The number of esters is 3. The summed E-state index contributed by atoms with van der Waals surface area (Å²) in [6.07, 6.45) is -3.60. The molecule has 39 heavy (non-hydrogen) atoms. The van der Waals surface area contributed by atoms with E-state index in [1.54, 1.807) is 91.0 Å². The van der Waals surface area contributed by atoms with Crippen LogP contribution in [0.15, 0.2) is 91.0 Å². The fourth-order valence-corrected chi connectivity index (χ4v) is 7.13. The molecular weight excluding hydrogens is 540 g/mol. The first-order chi connectivity index (χ1) is 19.0. The van der Waals surface area contributed by atoms with Crippen LogP contribution >= 0.6 is 23.5 Å². The molecule has 8 nitrogen and oxygen atoms in total. The zero-order valence-corrected chi connectivity index (χ0v) is 22.3. The van der Waals surface area contributed by atoms with Gasteiger partial charge in [0.2, 0.25) is 0 Å². The average Bonchev–Trinajstić information content (AvgIpc) is 2.98. The molecule has 0 aromatic heterocycles. The first-order valence-electron chi connectivity index (χ1n) is 12.3. The van der Waals surface area contributed by atoms with E-state index in [0.717, 1.165) is 0 Å². The van der Waals surface area contributed by atoms with Crippen LogP contribution in [0.25, 0.3) is 0 Å². The van der Waals surface area contributed by atoms with Crippen molar-refractivity contribution < 1.29 is 38.4 Å². The highest BCUT2D eigenvalue weighted by atomic mass is 32.2. The number of ether oxygens (including phenoxy) is 4. The quantitative estimate of drug-likeness (QED) is 0.330. The minimum Gasteiger partial charge on any atom is -0.459 e. The van der Waals surface area contributed by atoms with Gasteiger partial charge in [-0.15, -0.1) is 23.5 Å². The minimum atomic E-state index is -1.71. The molecule has 0 bridgehead atoms. The molecule has 2 saturated heterocycles. The molecule has 2 aliphatic heterocycles. The van der Waals surface area contributed by atoms with Crippen LogP contribution in [-0.4, -0.2) is 69.8 Å². The zero-order valence-electron chi connectivity index (χ0n) is 20.7. The molecule has 0 spiro atoms. The van der Waals surface area contributed by atoms with Gasteiger partial charge in [-0.1, -0.05) is 54.6 Å². The Balaban J connectivity index is 1.46. The van der Waals surface area contributed by atoms with E-state index in [1.165, 1.54) is 23.5 Å². The van der Waals surface area contributed by atoms with Crippen LogP contribution in [0, 0.1) is 0 Å². The second-order valence-corrected chi connectivity index (χ2v) is 11.4. The zero-order chi connectivity index (χ0) is 27.2. The highest BCUT2D eigenvalue weighted by molar-refractivity contribution is 8.07. The molecule has 202 valence electrons. The summed E-state index contributed by atoms with van der Waals surface area (Å²) in [4.78, 5) is 37.3. The summed E-state index contributed by atoms with van der Waals surface area (Å²) in [5, 5.41) is 11.8. The molecule has 3 aromatic rings. The third kappa shape index (κ3) is 6.14. The predicted octanol–water partition coefficient (Wildman–Crippen LogP) is 4.19. The number of carbonyl (C=O) groups excluding carboxylic acids is 3. The van der Waals surface area contributed by atoms with Crippen molar-refractivity contribution in [2.75, 3.05) is 18.1 Å². The van der Waals surface area contributed by atoms with Crippen LogP contribution in [0.5, 0.6) is 0 Å². The summed E-state index contributed by atoms with van der Waals surface area (Å²) in [6, 6.07) is 25.1. The van der Waals surface area contributed by atoms with Crippen molar-refractivity contribution in [2.24, 2.45) is 0 Å². The Hall–Kier alpha value is -3.31. The summed E-state index contributed by atoms with van der Waals surface area (Å²) < 4.78 is 23.5. The molecule has 5 rings (SSSR count). The summed E-state index contributed by atoms with van der Waals surface area (Å²) >= 11 is 2.54. The van der Waals surface area contributed by atoms with Crippen LogP contribution in [0.2, 0.25) is 0 Å². The van der Waals surface area contributed by atoms with Gasteiger partial charge >= 0.3 is 17.9 Å². The highest BCUT2D eigenvalue weighted by Gasteiger charge is 2.61. The van der Waals surface area contributed by atoms with E-state index in [2.05, 4.69) is 0 Å². The molecule has 1 N–H and O–H groups in total. The first-order valence-corrected chi connectivity index (χ1v) is 14.4. The van der Waals surface area contributed by atoms with Gasteiger partial charge < -0.3 is 24.1 Å². The van der Waals surface area contributed by atoms with Gasteiger partial charge in [0.1, 0.15) is 18.1 Å². The van der Waals surface area contributed by atoms with Crippen molar-refractivity contribution in [3.8, 4) is 0 Å². The molecule has 3 aromatic carbocycles. The lowest BCUT2D eigenvalue weighted by atomic mass is 9.98. The van der Waals surface area contributed by atoms with E-state index < -0.39 is 46.6 Å². The van der Waals surface area contributed by atoms with Gasteiger partial charge in [0, 0.05) is 11.5 Å². The number of hydrogen-bond acceptors (Lipinski definition) is 10. The topological polar surface area (TPSA) is 108 Å². The van der Waals surface area contributed by atoms with Gasteiger partial charge in [-0.05, 0) is 36.4 Å². The van der Waals surface area contributed by atoms with Crippen LogP contribution in [0.4, 0.5) is 0 Å². The Morgan fingerprint density at radius 1 is 0.769 bits per heavy atom. The highest BCUT2D eigenvalue weighted by Crippen LogP contribution is 2.49. The van der Waals surface area contributed by atoms with E-state index in [4.69, 9.17) is 18.9 Å². The van der Waals surface area contributed by atoms with Crippen LogP contribution in [0.3, 0.4) is 0 Å². The lowest BCUT2D eigenvalue weighted by Gasteiger charge is -2.51. The lowest BCUT2D eigenvalue weighted by molar-refractivity contribution is -0.219. The normalized spacial score (nSPS) is 26.1. The number of hydrogen-bond donors (Lipinski definition) is 1. The molecule has 5 atom stereocenters. The predicted molar refractivity (Wildman–Crippen MR) is 147 cm³/mol. The Labute approximate surface area is 234 Å². The maximum Gasteiger partial charge on any atom is 0.338 e. The van der Waals surface area contributed by atoms with Gasteiger partial charge in [-0.2, -0.15) is 0 Å². The first kappa shape index (κ1) is 27.3. The van der Waals surface area contributed by atoms with Crippen molar-refractivity contribution in [2.45, 2.75) is 28.7 Å². The van der Waals surface area contributed by atoms with E-state index in [-0.39, 0.29) is 17.7 Å². The average molecular weight is 567 g/mol. The van der Waals surface area contributed by atoms with Crippen molar-refractivity contribution in [3.05, 3.63) is 108 Å². The number of rotatable bonds is 7. The van der Waals surface area contributed by atoms with Gasteiger partial charge in [0.25, 0.3) is 0 Å². The smallest absolute Gasteiger partial charge is 0.338 e. The second-order valence-electron chi connectivity index (χ2n) is 8.87. The Bertz CT molecular complexity index is 1290. The summed E-state index contributed by atoms with van der Waals surface area (Å²) in [6.45, 7) is -0.294. The van der Waals surface area contributed by atoms with Gasteiger partial charge in [-0.25, -0.2) is 14.4 Å². The SMILES string of the molecule is O=C(OC[C@H]1O[C@@H]2SCCS[C@@]2(O)[C@@H](OC(=O)c2ccccc2)[C@@H]1OC(=O)c1ccccc1)c1ccccc1. The molecule has 0 amide bonds. The van der Waals surface area contributed by atoms with Crippen molar-refractivity contribution >= 4 is 41.4 Å². The second kappa shape index (κ2) is 12.3. The van der Waals surface area contributed by atoms with Crippen molar-refractivity contribution in [1.82, 2.24) is 0 Å². The molecule has 0 saturated carbocycles. The Morgan fingerprint density at radius 2 is 1.28 bits per heavy atom. The molecule has 10 heteroatoms. The van der Waals surface area contributed by atoms with Gasteiger partial charge in [-0.3, -0.25) is 0 Å². The monoisotopic (exact) mass is 566 g/mol. The number of carbonyl (C=O) groups is 3. The fourth-order valence-electron chi connectivity index (χ4n) is 4.33. The maximum absolute atomic E-state index is 13.2. The Kier molecular flexibility index (Phi) is 8.56. The molecule has 0 unspecified atom stereocenters. The number of thioether (sulfide) groups is 2. The van der Waals surface area contributed by atoms with E-state index in [1.807, 2.05) is 0 Å². The largest absolute Gasteiger partial charge is 0.459 e. The van der Waals surface area contributed by atoms with Gasteiger partial charge in [0.15, 0.2) is 17.1 Å².